The lowest BCUT2D eigenvalue weighted by atomic mass is 9.88. The van der Waals surface area contributed by atoms with Gasteiger partial charge in [-0.05, 0) is 31.0 Å². The van der Waals surface area contributed by atoms with Crippen LogP contribution in [0.1, 0.15) is 43.7 Å². The third-order valence-corrected chi connectivity index (χ3v) is 6.49. The molecule has 27 heavy (non-hydrogen) atoms. The largest absolute Gasteiger partial charge is 0.454 e. The molecule has 1 saturated heterocycles. The molecule has 1 aromatic carbocycles. The molecule has 3 aliphatic rings. The predicted molar refractivity (Wildman–Crippen MR) is 102 cm³/mol. The van der Waals surface area contributed by atoms with Crippen LogP contribution in [0.25, 0.3) is 0 Å². The van der Waals surface area contributed by atoms with Crippen LogP contribution in [0.2, 0.25) is 0 Å². The number of piperazine rings is 1. The van der Waals surface area contributed by atoms with E-state index in [1.165, 1.54) is 37.9 Å². The van der Waals surface area contributed by atoms with Gasteiger partial charge < -0.3 is 24.6 Å². The number of benzene rings is 1. The topological polar surface area (TPSA) is 56.4 Å². The molecule has 148 valence electrons. The van der Waals surface area contributed by atoms with Crippen molar-refractivity contribution in [2.45, 2.75) is 38.1 Å². The predicted octanol–water partition coefficient (Wildman–Crippen LogP) is -0.434. The van der Waals surface area contributed by atoms with Gasteiger partial charge in [-0.3, -0.25) is 4.79 Å². The van der Waals surface area contributed by atoms with E-state index in [2.05, 4.69) is 24.5 Å². The fourth-order valence-corrected chi connectivity index (χ4v) is 4.69. The number of nitrogens with one attached hydrogen (secondary N) is 3. The Balaban J connectivity index is 1.46. The smallest absolute Gasteiger partial charge is 0.231 e. The maximum absolute atomic E-state index is 12.7. The van der Waals surface area contributed by atoms with Gasteiger partial charge in [0, 0.05) is 11.5 Å². The molecule has 2 heterocycles. The first-order valence-electron chi connectivity index (χ1n) is 10.5. The molecular weight excluding hydrogens is 342 g/mol. The minimum Gasteiger partial charge on any atom is -0.454 e. The van der Waals surface area contributed by atoms with E-state index >= 15 is 0 Å². The number of hydrogen-bond acceptors (Lipinski definition) is 3. The van der Waals surface area contributed by atoms with Gasteiger partial charge in [-0.1, -0.05) is 19.3 Å². The molecular formula is C21H33N3O3+2. The molecule has 1 aromatic rings. The summed E-state index contributed by atoms with van der Waals surface area (Å²) in [5.41, 5.74) is 1.23. The van der Waals surface area contributed by atoms with Crippen molar-refractivity contribution < 1.29 is 24.1 Å². The third kappa shape index (κ3) is 4.38. The Morgan fingerprint density at radius 1 is 1.11 bits per heavy atom. The zero-order valence-electron chi connectivity index (χ0n) is 16.4. The van der Waals surface area contributed by atoms with Crippen LogP contribution in [0.5, 0.6) is 11.5 Å². The molecule has 0 radical (unpaired) electrons. The Labute approximate surface area is 161 Å². The quantitative estimate of drug-likeness (QED) is 0.655. The number of likely N-dealkylation sites (N-methyl/N-ethyl adjacent to an activating group) is 1. The number of fused-ring (bicyclic) bond motifs is 1. The summed E-state index contributed by atoms with van der Waals surface area (Å²) in [5, 5.41) is 3.29. The van der Waals surface area contributed by atoms with E-state index in [4.69, 9.17) is 9.47 Å². The van der Waals surface area contributed by atoms with Crippen molar-refractivity contribution in [1.82, 2.24) is 5.32 Å². The van der Waals surface area contributed by atoms with Crippen LogP contribution in [-0.4, -0.2) is 52.5 Å². The number of amides is 1. The number of hydrogen-bond donors (Lipinski definition) is 3. The van der Waals surface area contributed by atoms with E-state index < -0.39 is 0 Å². The van der Waals surface area contributed by atoms with E-state index in [-0.39, 0.29) is 17.9 Å². The second kappa shape index (κ2) is 8.48. The van der Waals surface area contributed by atoms with Crippen molar-refractivity contribution >= 4 is 5.91 Å². The molecule has 0 aromatic heterocycles. The number of carbonyl (C=O) groups excluding carboxylic acids is 1. The van der Waals surface area contributed by atoms with Crippen LogP contribution < -0.4 is 24.6 Å². The van der Waals surface area contributed by atoms with E-state index in [0.29, 0.717) is 13.3 Å². The summed E-state index contributed by atoms with van der Waals surface area (Å²) in [6.45, 7) is 5.60. The SMILES string of the molecule is C[NH+]1CC[NH+]([C@H](CNC(=O)C2CCCCC2)c2ccc3c(c2)OCO3)CC1. The van der Waals surface area contributed by atoms with Gasteiger partial charge >= 0.3 is 0 Å². The van der Waals surface area contributed by atoms with Crippen molar-refractivity contribution in [3.05, 3.63) is 23.8 Å². The Kier molecular flexibility index (Phi) is 5.83. The van der Waals surface area contributed by atoms with Crippen LogP contribution in [0.3, 0.4) is 0 Å². The fraction of sp³-hybridized carbons (Fsp3) is 0.667. The first-order chi connectivity index (χ1) is 13.2. The molecule has 1 amide bonds. The highest BCUT2D eigenvalue weighted by atomic mass is 16.7. The van der Waals surface area contributed by atoms with Crippen molar-refractivity contribution in [3.63, 3.8) is 0 Å². The highest BCUT2D eigenvalue weighted by Crippen LogP contribution is 2.33. The van der Waals surface area contributed by atoms with E-state index in [0.717, 1.165) is 37.4 Å². The highest BCUT2D eigenvalue weighted by molar-refractivity contribution is 5.78. The second-order valence-corrected chi connectivity index (χ2v) is 8.36. The summed E-state index contributed by atoms with van der Waals surface area (Å²) in [4.78, 5) is 15.8. The average Bonchev–Trinajstić information content (AvgIpc) is 3.18. The van der Waals surface area contributed by atoms with E-state index in [1.807, 2.05) is 6.07 Å². The fourth-order valence-electron chi connectivity index (χ4n) is 4.69. The molecule has 0 unspecified atom stereocenters. The average molecular weight is 376 g/mol. The Morgan fingerprint density at radius 2 is 1.85 bits per heavy atom. The van der Waals surface area contributed by atoms with Crippen molar-refractivity contribution in [1.29, 1.82) is 0 Å². The normalized spacial score (nSPS) is 26.6. The van der Waals surface area contributed by atoms with Gasteiger partial charge in [0.2, 0.25) is 12.7 Å². The van der Waals surface area contributed by atoms with E-state index in [9.17, 15) is 4.79 Å². The van der Waals surface area contributed by atoms with Crippen LogP contribution >= 0.6 is 0 Å². The maximum atomic E-state index is 12.7. The minimum atomic E-state index is 0.211. The summed E-state index contributed by atoms with van der Waals surface area (Å²) in [7, 11) is 2.26. The van der Waals surface area contributed by atoms with Crippen LogP contribution in [0.15, 0.2) is 18.2 Å². The zero-order valence-corrected chi connectivity index (χ0v) is 16.4. The second-order valence-electron chi connectivity index (χ2n) is 8.36. The molecule has 1 atom stereocenters. The lowest BCUT2D eigenvalue weighted by Crippen LogP contribution is -3.27. The third-order valence-electron chi connectivity index (χ3n) is 6.49. The molecule has 1 aliphatic carbocycles. The molecule has 3 N–H and O–H groups in total. The molecule has 1 saturated carbocycles. The summed E-state index contributed by atoms with van der Waals surface area (Å²) < 4.78 is 11.1. The summed E-state index contributed by atoms with van der Waals surface area (Å²) >= 11 is 0. The summed E-state index contributed by atoms with van der Waals surface area (Å²) in [6.07, 6.45) is 5.75. The van der Waals surface area contributed by atoms with Crippen LogP contribution in [-0.2, 0) is 4.79 Å². The molecule has 4 rings (SSSR count). The number of carbonyl (C=O) groups is 1. The van der Waals surface area contributed by atoms with E-state index in [1.54, 1.807) is 9.80 Å². The number of quaternary nitrogens is 2. The molecule has 0 bridgehead atoms. The Bertz CT molecular complexity index is 652. The summed E-state index contributed by atoms with van der Waals surface area (Å²) in [6, 6.07) is 6.52. The van der Waals surface area contributed by atoms with Gasteiger partial charge in [-0.2, -0.15) is 0 Å². The van der Waals surface area contributed by atoms with Crippen molar-refractivity contribution in [2.24, 2.45) is 5.92 Å². The zero-order chi connectivity index (χ0) is 18.6. The lowest BCUT2D eigenvalue weighted by molar-refractivity contribution is -1.02. The van der Waals surface area contributed by atoms with Crippen molar-refractivity contribution in [2.75, 3.05) is 46.6 Å². The van der Waals surface area contributed by atoms with Crippen LogP contribution in [0, 0.1) is 5.92 Å². The van der Waals surface area contributed by atoms with Gasteiger partial charge in [-0.15, -0.1) is 0 Å². The maximum Gasteiger partial charge on any atom is 0.231 e. The highest BCUT2D eigenvalue weighted by Gasteiger charge is 2.31. The van der Waals surface area contributed by atoms with Crippen LogP contribution in [0.4, 0.5) is 0 Å². The molecule has 6 heteroatoms. The minimum absolute atomic E-state index is 0.211. The lowest BCUT2D eigenvalue weighted by Gasteiger charge is -2.34. The molecule has 2 aliphatic heterocycles. The van der Waals surface area contributed by atoms with Gasteiger partial charge in [0.25, 0.3) is 0 Å². The van der Waals surface area contributed by atoms with Gasteiger partial charge in [0.1, 0.15) is 32.2 Å². The summed E-state index contributed by atoms with van der Waals surface area (Å²) in [5.74, 6) is 2.11. The molecule has 2 fully saturated rings. The number of ether oxygens (including phenoxy) is 2. The first-order valence-corrected chi connectivity index (χ1v) is 10.5. The van der Waals surface area contributed by atoms with Gasteiger partial charge in [0.15, 0.2) is 11.5 Å². The monoisotopic (exact) mass is 375 g/mol. The van der Waals surface area contributed by atoms with Gasteiger partial charge in [-0.25, -0.2) is 0 Å². The Morgan fingerprint density at radius 3 is 2.63 bits per heavy atom. The van der Waals surface area contributed by atoms with Crippen molar-refractivity contribution in [3.8, 4) is 11.5 Å². The first kappa shape index (κ1) is 18.6. The Hall–Kier alpha value is -1.79. The molecule has 6 nitrogen and oxygen atoms in total. The molecule has 0 spiro atoms. The van der Waals surface area contributed by atoms with Gasteiger partial charge in [0.05, 0.1) is 13.6 Å². The number of rotatable bonds is 5. The standard InChI is InChI=1S/C21H31N3O3/c1-23-9-11-24(12-10-23)18(14-22-21(25)16-5-3-2-4-6-16)17-7-8-19-20(13-17)27-15-26-19/h7-8,13,16,18H,2-6,9-12,14-15H2,1H3,(H,22,25)/p+2/t18-/m1/s1.